The molecule has 10 heavy (non-hydrogen) atoms. The van der Waals surface area contributed by atoms with Gasteiger partial charge < -0.3 is 19.7 Å². The summed E-state index contributed by atoms with van der Waals surface area (Å²) in [6, 6.07) is 0. The maximum absolute atomic E-state index is 7.62. The fourth-order valence-corrected chi connectivity index (χ4v) is 0. The van der Waals surface area contributed by atoms with Crippen LogP contribution in [0.25, 0.3) is 0 Å². The molecular weight excluding hydrogens is 136 g/mol. The zero-order valence-electron chi connectivity index (χ0n) is 7.13. The minimum absolute atomic E-state index is 0.125. The van der Waals surface area contributed by atoms with E-state index in [1.807, 2.05) is 0 Å². The molecule has 0 rings (SSSR count). The van der Waals surface area contributed by atoms with Gasteiger partial charge in [0.1, 0.15) is 0 Å². The van der Waals surface area contributed by atoms with E-state index in [0.717, 1.165) is 0 Å². The van der Waals surface area contributed by atoms with E-state index in [2.05, 4.69) is 9.47 Å². The van der Waals surface area contributed by atoms with E-state index in [4.69, 9.17) is 10.2 Å². The number of hydrogen-bond donors (Lipinski definition) is 2. The lowest BCUT2D eigenvalue weighted by Gasteiger charge is -1.70. The maximum atomic E-state index is 7.62. The van der Waals surface area contributed by atoms with Crippen molar-refractivity contribution in [2.45, 2.75) is 0 Å². The highest BCUT2D eigenvalue weighted by Crippen LogP contribution is 1.39. The third-order valence-electron chi connectivity index (χ3n) is 0.1000. The molecule has 0 atom stereocenters. The predicted molar refractivity (Wildman–Crippen MR) is 40.0 cm³/mol. The first kappa shape index (κ1) is 16.4. The number of aliphatic hydroxyl groups is 2. The third kappa shape index (κ3) is 520. The summed E-state index contributed by atoms with van der Waals surface area (Å²) in [4.78, 5) is 0. The Labute approximate surface area is 62.4 Å². The van der Waals surface area contributed by atoms with Gasteiger partial charge in [-0.2, -0.15) is 0 Å². The van der Waals surface area contributed by atoms with Gasteiger partial charge in [-0.15, -0.1) is 0 Å². The van der Waals surface area contributed by atoms with Crippen LogP contribution in [0.1, 0.15) is 0 Å². The largest absolute Gasteiger partial charge is 0.394 e. The average molecular weight is 154 g/mol. The minimum Gasteiger partial charge on any atom is -0.394 e. The van der Waals surface area contributed by atoms with Crippen molar-refractivity contribution < 1.29 is 19.7 Å². The summed E-state index contributed by atoms with van der Waals surface area (Å²) in [5, 5.41) is 15.2. The fraction of sp³-hybridized carbons (Fsp3) is 1.00. The van der Waals surface area contributed by atoms with E-state index in [0.29, 0.717) is 0 Å². The van der Waals surface area contributed by atoms with Crippen LogP contribution in [-0.2, 0) is 9.47 Å². The highest BCUT2D eigenvalue weighted by atomic mass is 16.5. The maximum Gasteiger partial charge on any atom is 0.0662 e. The zero-order valence-corrected chi connectivity index (χ0v) is 7.13. The SMILES string of the molecule is COC.COC.OCCO. The van der Waals surface area contributed by atoms with E-state index in [-0.39, 0.29) is 13.2 Å². The summed E-state index contributed by atoms with van der Waals surface area (Å²) in [5.74, 6) is 0. The van der Waals surface area contributed by atoms with Crippen LogP contribution >= 0.6 is 0 Å². The van der Waals surface area contributed by atoms with E-state index < -0.39 is 0 Å². The minimum atomic E-state index is -0.125. The summed E-state index contributed by atoms with van der Waals surface area (Å²) < 4.78 is 8.50. The Morgan fingerprint density at radius 3 is 0.900 bits per heavy atom. The Morgan fingerprint density at radius 2 is 0.900 bits per heavy atom. The standard InChI is InChI=1S/C2H6O2.2C2H6O/c3-1-2-4;2*1-3-2/h3-4H,1-2H2;2*1-2H3. The molecule has 4 nitrogen and oxygen atoms in total. The monoisotopic (exact) mass is 154 g/mol. The topological polar surface area (TPSA) is 58.9 Å². The van der Waals surface area contributed by atoms with E-state index in [1.165, 1.54) is 0 Å². The smallest absolute Gasteiger partial charge is 0.0662 e. The van der Waals surface area contributed by atoms with Gasteiger partial charge in [0.25, 0.3) is 0 Å². The first-order valence-corrected chi connectivity index (χ1v) is 2.77. The molecule has 0 fully saturated rings. The van der Waals surface area contributed by atoms with Gasteiger partial charge in [0.15, 0.2) is 0 Å². The predicted octanol–water partition coefficient (Wildman–Crippen LogP) is -0.504. The zero-order chi connectivity index (χ0) is 8.83. The molecule has 2 N–H and O–H groups in total. The lowest BCUT2D eigenvalue weighted by Crippen LogP contribution is -1.85. The van der Waals surface area contributed by atoms with Crippen LogP contribution in [0.2, 0.25) is 0 Å². The molecule has 0 amide bonds. The second-order valence-corrected chi connectivity index (χ2v) is 1.26. The molecule has 0 aliphatic heterocycles. The van der Waals surface area contributed by atoms with Crippen LogP contribution < -0.4 is 0 Å². The van der Waals surface area contributed by atoms with Crippen molar-refractivity contribution in [3.8, 4) is 0 Å². The molecule has 0 aromatic carbocycles. The van der Waals surface area contributed by atoms with Crippen molar-refractivity contribution in [1.82, 2.24) is 0 Å². The van der Waals surface area contributed by atoms with Crippen LogP contribution in [0.3, 0.4) is 0 Å². The molecule has 0 aliphatic rings. The Bertz CT molecular complexity index is 21.7. The van der Waals surface area contributed by atoms with Crippen LogP contribution in [0.5, 0.6) is 0 Å². The molecule has 0 aliphatic carbocycles. The third-order valence-corrected chi connectivity index (χ3v) is 0.1000. The summed E-state index contributed by atoms with van der Waals surface area (Å²) in [6.45, 7) is -0.250. The molecule has 0 aromatic rings. The number of ether oxygens (including phenoxy) is 2. The highest BCUT2D eigenvalue weighted by molar-refractivity contribution is 4.06. The number of methoxy groups -OCH3 is 2. The van der Waals surface area contributed by atoms with Gasteiger partial charge in [0.05, 0.1) is 13.2 Å². The Kier molecular flexibility index (Phi) is 60.6. The van der Waals surface area contributed by atoms with Gasteiger partial charge in [0, 0.05) is 28.4 Å². The van der Waals surface area contributed by atoms with Gasteiger partial charge in [-0.25, -0.2) is 0 Å². The Morgan fingerprint density at radius 1 is 0.800 bits per heavy atom. The van der Waals surface area contributed by atoms with Gasteiger partial charge in [-0.05, 0) is 0 Å². The normalized spacial score (nSPS) is 6.60. The van der Waals surface area contributed by atoms with E-state index in [9.17, 15) is 0 Å². The lowest BCUT2D eigenvalue weighted by atomic mass is 10.8. The van der Waals surface area contributed by atoms with Gasteiger partial charge in [0.2, 0.25) is 0 Å². The average Bonchev–Trinajstić information content (AvgIpc) is 1.91. The van der Waals surface area contributed by atoms with Crippen LogP contribution in [0, 0.1) is 0 Å². The molecule has 4 heteroatoms. The van der Waals surface area contributed by atoms with Crippen molar-refractivity contribution in [2.75, 3.05) is 41.7 Å². The number of rotatable bonds is 1. The van der Waals surface area contributed by atoms with Crippen LogP contribution in [-0.4, -0.2) is 51.9 Å². The van der Waals surface area contributed by atoms with Gasteiger partial charge in [-0.1, -0.05) is 0 Å². The van der Waals surface area contributed by atoms with Crippen molar-refractivity contribution in [3.63, 3.8) is 0 Å². The lowest BCUT2D eigenvalue weighted by molar-refractivity contribution is 0.186. The van der Waals surface area contributed by atoms with Crippen molar-refractivity contribution >= 4 is 0 Å². The van der Waals surface area contributed by atoms with E-state index >= 15 is 0 Å². The van der Waals surface area contributed by atoms with Crippen LogP contribution in [0.4, 0.5) is 0 Å². The molecule has 0 spiro atoms. The fourth-order valence-electron chi connectivity index (χ4n) is 0. The number of hydrogen-bond acceptors (Lipinski definition) is 4. The molecule has 0 saturated heterocycles. The van der Waals surface area contributed by atoms with Gasteiger partial charge >= 0.3 is 0 Å². The second-order valence-electron chi connectivity index (χ2n) is 1.26. The molecule has 0 aromatic heterocycles. The molecule has 66 valence electrons. The van der Waals surface area contributed by atoms with E-state index in [1.54, 1.807) is 28.4 Å². The quantitative estimate of drug-likeness (QED) is 0.534. The van der Waals surface area contributed by atoms with Crippen molar-refractivity contribution in [3.05, 3.63) is 0 Å². The Hall–Kier alpha value is -0.160. The summed E-state index contributed by atoms with van der Waals surface area (Å²) in [5.41, 5.74) is 0. The summed E-state index contributed by atoms with van der Waals surface area (Å²) >= 11 is 0. The molecule has 0 radical (unpaired) electrons. The summed E-state index contributed by atoms with van der Waals surface area (Å²) in [6.07, 6.45) is 0. The molecular formula is C6H18O4. The van der Waals surface area contributed by atoms with Crippen LogP contribution in [0.15, 0.2) is 0 Å². The second kappa shape index (κ2) is 36.8. The molecule has 0 unspecified atom stereocenters. The van der Waals surface area contributed by atoms with Gasteiger partial charge in [-0.3, -0.25) is 0 Å². The molecule has 0 bridgehead atoms. The molecule has 0 saturated carbocycles. The first-order valence-electron chi connectivity index (χ1n) is 2.77. The Balaban J connectivity index is -0.0000000750. The van der Waals surface area contributed by atoms with Crippen molar-refractivity contribution in [2.24, 2.45) is 0 Å². The first-order chi connectivity index (χ1) is 4.74. The summed E-state index contributed by atoms with van der Waals surface area (Å²) in [7, 11) is 6.50. The highest BCUT2D eigenvalue weighted by Gasteiger charge is 1.58. The van der Waals surface area contributed by atoms with Crippen molar-refractivity contribution in [1.29, 1.82) is 0 Å². The molecule has 0 heterocycles. The number of aliphatic hydroxyl groups excluding tert-OH is 2.